The van der Waals surface area contributed by atoms with Gasteiger partial charge in [-0.2, -0.15) is 0 Å². The third kappa shape index (κ3) is 4.11. The number of aromatic amines is 1. The van der Waals surface area contributed by atoms with E-state index < -0.39 is 0 Å². The topological polar surface area (TPSA) is 15.8 Å². The highest BCUT2D eigenvalue weighted by Gasteiger charge is 2.16. The lowest BCUT2D eigenvalue weighted by Crippen LogP contribution is -2.09. The molecule has 1 aromatic rings. The van der Waals surface area contributed by atoms with Crippen LogP contribution in [0.15, 0.2) is 12.3 Å². The van der Waals surface area contributed by atoms with Crippen LogP contribution in [0.3, 0.4) is 0 Å². The summed E-state index contributed by atoms with van der Waals surface area (Å²) in [6.45, 7) is 13.6. The second-order valence-corrected chi connectivity index (χ2v) is 6.72. The lowest BCUT2D eigenvalue weighted by molar-refractivity contribution is 0.376. The molecule has 1 heterocycles. The van der Waals surface area contributed by atoms with Crippen molar-refractivity contribution in [2.24, 2.45) is 5.41 Å². The zero-order valence-electron chi connectivity index (χ0n) is 11.1. The second-order valence-electron chi connectivity index (χ2n) is 6.72. The quantitative estimate of drug-likeness (QED) is 0.744. The van der Waals surface area contributed by atoms with Crippen molar-refractivity contribution in [2.45, 2.75) is 59.8 Å². The molecule has 0 aliphatic carbocycles. The maximum atomic E-state index is 3.38. The fraction of sp³-hybridized carbons (Fsp3) is 0.714. The van der Waals surface area contributed by atoms with E-state index in [1.165, 1.54) is 17.7 Å². The molecule has 1 nitrogen and oxygen atoms in total. The van der Waals surface area contributed by atoms with Gasteiger partial charge in [0.05, 0.1) is 0 Å². The Labute approximate surface area is 94.3 Å². The smallest absolute Gasteiger partial charge is 0.0150 e. The number of rotatable bonds is 2. The molecule has 0 spiro atoms. The average molecular weight is 207 g/mol. The molecule has 0 aromatic carbocycles. The van der Waals surface area contributed by atoms with Gasteiger partial charge >= 0.3 is 0 Å². The SMILES string of the molecule is CC(C)(C)CCc1cc(C(C)(C)C)c[nH]1. The molecule has 0 aliphatic heterocycles. The van der Waals surface area contributed by atoms with Gasteiger partial charge in [-0.15, -0.1) is 0 Å². The molecule has 0 atom stereocenters. The Balaban J connectivity index is 2.62. The number of hydrogen-bond donors (Lipinski definition) is 1. The minimum Gasteiger partial charge on any atom is -0.365 e. The predicted octanol–water partition coefficient (Wildman–Crippen LogP) is 4.29. The first kappa shape index (κ1) is 12.4. The molecular formula is C14H25N. The van der Waals surface area contributed by atoms with Gasteiger partial charge in [-0.05, 0) is 35.3 Å². The van der Waals surface area contributed by atoms with Crippen molar-refractivity contribution in [2.75, 3.05) is 0 Å². The Morgan fingerprint density at radius 2 is 1.67 bits per heavy atom. The predicted molar refractivity (Wildman–Crippen MR) is 67.3 cm³/mol. The summed E-state index contributed by atoms with van der Waals surface area (Å²) >= 11 is 0. The molecule has 1 heteroatoms. The zero-order valence-corrected chi connectivity index (χ0v) is 11.1. The third-order valence-corrected chi connectivity index (χ3v) is 2.75. The maximum Gasteiger partial charge on any atom is 0.0150 e. The van der Waals surface area contributed by atoms with Gasteiger partial charge < -0.3 is 4.98 Å². The van der Waals surface area contributed by atoms with Crippen LogP contribution in [0, 0.1) is 5.41 Å². The number of nitrogens with one attached hydrogen (secondary N) is 1. The van der Waals surface area contributed by atoms with Crippen LogP contribution in [-0.4, -0.2) is 4.98 Å². The highest BCUT2D eigenvalue weighted by Crippen LogP contribution is 2.25. The van der Waals surface area contributed by atoms with Gasteiger partial charge in [-0.25, -0.2) is 0 Å². The van der Waals surface area contributed by atoms with Crippen molar-refractivity contribution < 1.29 is 0 Å². The molecule has 1 aromatic heterocycles. The van der Waals surface area contributed by atoms with E-state index in [0.29, 0.717) is 5.41 Å². The molecule has 0 bridgehead atoms. The minimum atomic E-state index is 0.260. The van der Waals surface area contributed by atoms with Crippen molar-refractivity contribution in [3.63, 3.8) is 0 Å². The zero-order chi connectivity index (χ0) is 11.7. The normalized spacial score (nSPS) is 13.2. The lowest BCUT2D eigenvalue weighted by atomic mass is 9.87. The Bertz CT molecular complexity index is 307. The average Bonchev–Trinajstić information content (AvgIpc) is 2.45. The number of hydrogen-bond acceptors (Lipinski definition) is 0. The molecule has 0 unspecified atom stereocenters. The van der Waals surface area contributed by atoms with Crippen molar-refractivity contribution in [3.05, 3.63) is 23.5 Å². The molecule has 0 aliphatic rings. The second kappa shape index (κ2) is 4.03. The number of aryl methyl sites for hydroxylation is 1. The van der Waals surface area contributed by atoms with E-state index in [1.807, 2.05) is 0 Å². The summed E-state index contributed by atoms with van der Waals surface area (Å²) < 4.78 is 0. The summed E-state index contributed by atoms with van der Waals surface area (Å²) in [7, 11) is 0. The molecule has 15 heavy (non-hydrogen) atoms. The Morgan fingerprint density at radius 3 is 2.07 bits per heavy atom. The van der Waals surface area contributed by atoms with Crippen LogP contribution in [0.25, 0.3) is 0 Å². The monoisotopic (exact) mass is 207 g/mol. The van der Waals surface area contributed by atoms with Gasteiger partial charge in [0.25, 0.3) is 0 Å². The fourth-order valence-corrected chi connectivity index (χ4v) is 1.53. The van der Waals surface area contributed by atoms with E-state index in [-0.39, 0.29) is 5.41 Å². The molecule has 0 saturated heterocycles. The van der Waals surface area contributed by atoms with Crippen LogP contribution in [-0.2, 0) is 11.8 Å². The van der Waals surface area contributed by atoms with Gasteiger partial charge in [0.1, 0.15) is 0 Å². The molecule has 1 rings (SSSR count). The van der Waals surface area contributed by atoms with Gasteiger partial charge in [-0.1, -0.05) is 41.5 Å². The number of H-pyrrole nitrogens is 1. The maximum absolute atomic E-state index is 3.38. The Kier molecular flexibility index (Phi) is 3.32. The standard InChI is InChI=1S/C14H25N/c1-13(2,3)8-7-12-9-11(10-15-12)14(4,5)6/h9-10,15H,7-8H2,1-6H3. The summed E-state index contributed by atoms with van der Waals surface area (Å²) in [5, 5.41) is 0. The summed E-state index contributed by atoms with van der Waals surface area (Å²) in [6, 6.07) is 2.31. The first-order valence-corrected chi connectivity index (χ1v) is 5.86. The van der Waals surface area contributed by atoms with E-state index in [4.69, 9.17) is 0 Å². The van der Waals surface area contributed by atoms with Crippen LogP contribution in [0.2, 0.25) is 0 Å². The van der Waals surface area contributed by atoms with E-state index >= 15 is 0 Å². The van der Waals surface area contributed by atoms with Crippen LogP contribution in [0.1, 0.15) is 59.2 Å². The molecule has 0 saturated carbocycles. The number of aromatic nitrogens is 1. The summed E-state index contributed by atoms with van der Waals surface area (Å²) in [4.78, 5) is 3.38. The van der Waals surface area contributed by atoms with Gasteiger partial charge in [0.15, 0.2) is 0 Å². The van der Waals surface area contributed by atoms with Gasteiger partial charge in [0.2, 0.25) is 0 Å². The van der Waals surface area contributed by atoms with Crippen molar-refractivity contribution >= 4 is 0 Å². The van der Waals surface area contributed by atoms with Gasteiger partial charge in [0, 0.05) is 11.9 Å². The molecule has 0 amide bonds. The van der Waals surface area contributed by atoms with E-state index in [2.05, 4.69) is 58.8 Å². The highest BCUT2D eigenvalue weighted by atomic mass is 14.7. The van der Waals surface area contributed by atoms with E-state index in [9.17, 15) is 0 Å². The first-order chi connectivity index (χ1) is 6.68. The lowest BCUT2D eigenvalue weighted by Gasteiger charge is -2.17. The van der Waals surface area contributed by atoms with Crippen LogP contribution >= 0.6 is 0 Å². The van der Waals surface area contributed by atoms with Crippen molar-refractivity contribution in [1.82, 2.24) is 4.98 Å². The van der Waals surface area contributed by atoms with Crippen LogP contribution in [0.4, 0.5) is 0 Å². The minimum absolute atomic E-state index is 0.260. The van der Waals surface area contributed by atoms with Crippen LogP contribution in [0.5, 0.6) is 0 Å². The third-order valence-electron chi connectivity index (χ3n) is 2.75. The Hall–Kier alpha value is -0.720. The summed E-state index contributed by atoms with van der Waals surface area (Å²) in [6.07, 6.45) is 4.54. The molecule has 0 radical (unpaired) electrons. The summed E-state index contributed by atoms with van der Waals surface area (Å²) in [5.74, 6) is 0. The van der Waals surface area contributed by atoms with Crippen molar-refractivity contribution in [1.29, 1.82) is 0 Å². The first-order valence-electron chi connectivity index (χ1n) is 5.86. The van der Waals surface area contributed by atoms with Crippen molar-refractivity contribution in [3.8, 4) is 0 Å². The van der Waals surface area contributed by atoms with Gasteiger partial charge in [-0.3, -0.25) is 0 Å². The van der Waals surface area contributed by atoms with E-state index in [0.717, 1.165) is 6.42 Å². The molecule has 1 N–H and O–H groups in total. The highest BCUT2D eigenvalue weighted by molar-refractivity contribution is 5.23. The van der Waals surface area contributed by atoms with Crippen LogP contribution < -0.4 is 0 Å². The fourth-order valence-electron chi connectivity index (χ4n) is 1.53. The molecular weight excluding hydrogens is 182 g/mol. The van der Waals surface area contributed by atoms with E-state index in [1.54, 1.807) is 0 Å². The molecule has 0 fully saturated rings. The largest absolute Gasteiger partial charge is 0.365 e. The molecule has 86 valence electrons. The Morgan fingerprint density at radius 1 is 1.07 bits per heavy atom. The summed E-state index contributed by atoms with van der Waals surface area (Å²) in [5.41, 5.74) is 3.46.